The van der Waals surface area contributed by atoms with Crippen molar-refractivity contribution in [2.24, 2.45) is 4.99 Å². The van der Waals surface area contributed by atoms with E-state index in [2.05, 4.69) is 19.8 Å². The molecule has 0 spiro atoms. The number of alkyl halides is 6. The normalized spacial score (nSPS) is 15.4. The second kappa shape index (κ2) is 13.5. The molecule has 0 radical (unpaired) electrons. The summed E-state index contributed by atoms with van der Waals surface area (Å²) in [6, 6.07) is 17.6. The number of thioether (sulfide) groups is 1. The van der Waals surface area contributed by atoms with Gasteiger partial charge in [0, 0.05) is 5.56 Å². The summed E-state index contributed by atoms with van der Waals surface area (Å²) < 4.78 is 88.5. The highest BCUT2D eigenvalue weighted by Gasteiger charge is 2.61. The van der Waals surface area contributed by atoms with Crippen molar-refractivity contribution in [3.63, 3.8) is 0 Å². The Morgan fingerprint density at radius 1 is 1.00 bits per heavy atom. The highest BCUT2D eigenvalue weighted by molar-refractivity contribution is 8.15. The van der Waals surface area contributed by atoms with Gasteiger partial charge < -0.3 is 9.47 Å². The van der Waals surface area contributed by atoms with E-state index in [-0.39, 0.29) is 34.1 Å². The number of amidine groups is 1. The largest absolute Gasteiger partial charge is 0.499 e. The van der Waals surface area contributed by atoms with Gasteiger partial charge in [0.25, 0.3) is 0 Å². The van der Waals surface area contributed by atoms with E-state index in [1.165, 1.54) is 52.3 Å². The number of aliphatic imine (C=N–C) groups is 1. The van der Waals surface area contributed by atoms with Gasteiger partial charge >= 0.3 is 18.4 Å². The summed E-state index contributed by atoms with van der Waals surface area (Å²) in [5, 5.41) is 4.40. The van der Waals surface area contributed by atoms with Gasteiger partial charge in [0.15, 0.2) is 17.2 Å². The van der Waals surface area contributed by atoms with E-state index >= 15 is 0 Å². The van der Waals surface area contributed by atoms with Crippen LogP contribution >= 0.6 is 11.8 Å². The quantitative estimate of drug-likeness (QED) is 0.166. The Hall–Kier alpha value is -4.86. The maximum atomic E-state index is 15.0. The molecule has 1 fully saturated rings. The topological polar surface area (TPSA) is 98.9 Å². The number of carbonyl (C=O) groups is 2. The number of benzene rings is 3. The van der Waals surface area contributed by atoms with Crippen LogP contribution in [0.3, 0.4) is 0 Å². The van der Waals surface area contributed by atoms with Gasteiger partial charge in [-0.1, -0.05) is 68.1 Å². The predicted molar refractivity (Wildman–Crippen MR) is 162 cm³/mol. The monoisotopic (exact) mass is 677 g/mol. The summed E-state index contributed by atoms with van der Waals surface area (Å²) in [4.78, 5) is 34.5. The number of rotatable bonds is 9. The molecule has 1 unspecified atom stereocenters. The summed E-state index contributed by atoms with van der Waals surface area (Å²) in [5.74, 6) is -0.522. The van der Waals surface area contributed by atoms with E-state index in [4.69, 9.17) is 4.74 Å². The maximum Gasteiger partial charge on any atom is 0.499 e. The second-order valence-corrected chi connectivity index (χ2v) is 11.4. The molecule has 2 heterocycles. The van der Waals surface area contributed by atoms with Gasteiger partial charge in [-0.3, -0.25) is 9.69 Å². The molecule has 0 N–H and O–H groups in total. The van der Waals surface area contributed by atoms with Crippen LogP contribution in [-0.2, 0) is 9.53 Å². The van der Waals surface area contributed by atoms with E-state index in [0.717, 1.165) is 29.5 Å². The third-order valence-electron chi connectivity index (χ3n) is 6.80. The third-order valence-corrected chi connectivity index (χ3v) is 7.73. The van der Waals surface area contributed by atoms with Crippen molar-refractivity contribution in [1.82, 2.24) is 14.8 Å². The Kier molecular flexibility index (Phi) is 9.60. The number of para-hydroxylation sites is 1. The summed E-state index contributed by atoms with van der Waals surface area (Å²) in [6.45, 7) is 3.34. The van der Waals surface area contributed by atoms with Gasteiger partial charge in [0.1, 0.15) is 18.7 Å². The number of nitrogens with zero attached hydrogens (tertiary/aromatic N) is 5. The van der Waals surface area contributed by atoms with Crippen LogP contribution in [0.4, 0.5) is 36.8 Å². The molecule has 1 aliphatic heterocycles. The lowest BCUT2D eigenvalue weighted by Gasteiger charge is -2.21. The van der Waals surface area contributed by atoms with E-state index < -0.39 is 36.9 Å². The summed E-state index contributed by atoms with van der Waals surface area (Å²) in [5.41, 5.74) is 2.49. The number of aromatic nitrogens is 3. The zero-order chi connectivity index (χ0) is 33.9. The van der Waals surface area contributed by atoms with Crippen LogP contribution in [0.1, 0.15) is 37.1 Å². The molecule has 0 bridgehead atoms. The number of ether oxygens (including phenoxy) is 2. The molecule has 246 valence electrons. The molecule has 3 aromatic carbocycles. The highest BCUT2D eigenvalue weighted by atomic mass is 32.2. The van der Waals surface area contributed by atoms with Gasteiger partial charge in [0.05, 0.1) is 17.1 Å². The van der Waals surface area contributed by atoms with E-state index in [1.807, 2.05) is 26.0 Å². The van der Waals surface area contributed by atoms with Crippen LogP contribution in [0, 0.1) is 0 Å². The fourth-order valence-electron chi connectivity index (χ4n) is 4.45. The van der Waals surface area contributed by atoms with E-state index in [0.29, 0.717) is 16.9 Å². The van der Waals surface area contributed by atoms with Crippen LogP contribution in [0.5, 0.6) is 5.75 Å². The van der Waals surface area contributed by atoms with E-state index in [9.17, 15) is 35.9 Å². The molecule has 47 heavy (non-hydrogen) atoms. The predicted octanol–water partition coefficient (Wildman–Crippen LogP) is 7.87. The Morgan fingerprint density at radius 2 is 1.68 bits per heavy atom. The lowest BCUT2D eigenvalue weighted by atomic mass is 10.0. The van der Waals surface area contributed by atoms with Crippen molar-refractivity contribution < 1.29 is 45.4 Å². The number of anilines is 1. The van der Waals surface area contributed by atoms with E-state index in [1.54, 1.807) is 12.1 Å². The standard InChI is InChI=1S/C31H25F6N5O4S/c1-18(2)23-5-3-4-6-25(23)42-26(43)16-47-28(42)39-29(44)45-15-24(32)19-7-9-20(10-8-19)27-38-17-41(40-27)21-11-13-22(14-12-21)46-31(36,37)30(33,34)35/h3-14,17-18,24H,15-16H2,1-2H3/b39-28-. The van der Waals surface area contributed by atoms with Crippen LogP contribution in [0.25, 0.3) is 17.1 Å². The van der Waals surface area contributed by atoms with Crippen molar-refractivity contribution in [3.8, 4) is 22.8 Å². The van der Waals surface area contributed by atoms with Crippen LogP contribution in [0.15, 0.2) is 84.1 Å². The maximum absolute atomic E-state index is 15.0. The van der Waals surface area contributed by atoms with Crippen molar-refractivity contribution in [2.45, 2.75) is 38.2 Å². The molecule has 1 saturated heterocycles. The molecule has 1 aliphatic rings. The molecule has 9 nitrogen and oxygen atoms in total. The number of carbonyl (C=O) groups excluding carboxylic acids is 2. The first-order chi connectivity index (χ1) is 22.2. The van der Waals surface area contributed by atoms with Gasteiger partial charge in [-0.05, 0) is 47.4 Å². The number of hydrogen-bond donors (Lipinski definition) is 0. The Balaban J connectivity index is 1.19. The lowest BCUT2D eigenvalue weighted by molar-refractivity contribution is -0.360. The summed E-state index contributed by atoms with van der Waals surface area (Å²) in [6.07, 6.45) is -12.7. The molecule has 1 aromatic heterocycles. The minimum atomic E-state index is -5.87. The first-order valence-electron chi connectivity index (χ1n) is 13.9. The van der Waals surface area contributed by atoms with Crippen molar-refractivity contribution in [3.05, 3.63) is 90.3 Å². The zero-order valence-electron chi connectivity index (χ0n) is 24.6. The third kappa shape index (κ3) is 7.59. The highest BCUT2D eigenvalue weighted by Crippen LogP contribution is 2.37. The Morgan fingerprint density at radius 3 is 2.34 bits per heavy atom. The molecule has 16 heteroatoms. The average molecular weight is 678 g/mol. The molecule has 2 amide bonds. The molecule has 4 aromatic rings. The van der Waals surface area contributed by atoms with Crippen LogP contribution < -0.4 is 9.64 Å². The van der Waals surface area contributed by atoms with Gasteiger partial charge in [0.2, 0.25) is 5.91 Å². The zero-order valence-corrected chi connectivity index (χ0v) is 25.4. The van der Waals surface area contributed by atoms with Gasteiger partial charge in [-0.15, -0.1) is 5.10 Å². The van der Waals surface area contributed by atoms with Crippen molar-refractivity contribution >= 4 is 34.6 Å². The smallest absolute Gasteiger partial charge is 0.444 e. The van der Waals surface area contributed by atoms with Crippen molar-refractivity contribution in [1.29, 1.82) is 0 Å². The fourth-order valence-corrected chi connectivity index (χ4v) is 5.30. The minimum Gasteiger partial charge on any atom is -0.444 e. The summed E-state index contributed by atoms with van der Waals surface area (Å²) >= 11 is 1.08. The molecule has 5 rings (SSSR count). The average Bonchev–Trinajstić information content (AvgIpc) is 3.66. The molecule has 0 saturated carbocycles. The van der Waals surface area contributed by atoms with Gasteiger partial charge in [-0.25, -0.2) is 18.9 Å². The molecular formula is C31H25F6N5O4S. The Labute approximate surface area is 268 Å². The number of halogens is 6. The first-order valence-corrected chi connectivity index (χ1v) is 14.9. The minimum absolute atomic E-state index is 0.0951. The second-order valence-electron chi connectivity index (χ2n) is 10.4. The lowest BCUT2D eigenvalue weighted by Crippen LogP contribution is -2.41. The van der Waals surface area contributed by atoms with Crippen LogP contribution in [-0.4, -0.2) is 56.6 Å². The first kappa shape index (κ1) is 33.5. The SMILES string of the molecule is CC(C)c1ccccc1N1C(=O)CS/C1=N\C(=O)OCC(F)c1ccc(-c2ncn(-c3ccc(OC(F)(F)C(F)(F)F)cc3)n2)cc1. The molecular weight excluding hydrogens is 652 g/mol. The van der Waals surface area contributed by atoms with Crippen LogP contribution in [0.2, 0.25) is 0 Å². The molecule has 1 atom stereocenters. The van der Waals surface area contributed by atoms with Gasteiger partial charge in [-0.2, -0.15) is 26.9 Å². The molecule has 0 aliphatic carbocycles. The van der Waals surface area contributed by atoms with Crippen molar-refractivity contribution in [2.75, 3.05) is 17.3 Å². The Bertz CT molecular complexity index is 1780. The number of hydrogen-bond acceptors (Lipinski definition) is 7. The number of amides is 2. The summed E-state index contributed by atoms with van der Waals surface area (Å²) in [7, 11) is 0. The fraction of sp³-hybridized carbons (Fsp3) is 0.258.